The largest absolute Gasteiger partial charge is 0.616 e. The minimum atomic E-state index is -4.56. The molecule has 0 rings (SSSR count). The van der Waals surface area contributed by atoms with Crippen LogP contribution < -0.4 is 5.32 Å². The normalized spacial score (nSPS) is 13.5. The first-order valence-corrected chi connectivity index (χ1v) is 5.30. The lowest BCUT2D eigenvalue weighted by Gasteiger charge is -2.10. The Bertz CT molecular complexity index is 225. The number of Topliss-reactive ketones (excluding diaryl/α,β-unsaturated/α-hetero) is 1. The highest BCUT2D eigenvalue weighted by atomic mass is 31.2. The Morgan fingerprint density at radius 3 is 2.21 bits per heavy atom. The van der Waals surface area contributed by atoms with Crippen molar-refractivity contribution in [3.63, 3.8) is 0 Å². The van der Waals surface area contributed by atoms with Gasteiger partial charge >= 0.3 is 14.1 Å². The molecule has 0 saturated carbocycles. The molecule has 0 radical (unpaired) electrons. The highest BCUT2D eigenvalue weighted by Gasteiger charge is 2.38. The number of carbonyl (C=O) groups is 2. The van der Waals surface area contributed by atoms with Crippen LogP contribution in [0, 0.1) is 0 Å². The van der Waals surface area contributed by atoms with Gasteiger partial charge in [0.05, 0.1) is 12.5 Å². The third-order valence-electron chi connectivity index (χ3n) is 1.43. The second kappa shape index (κ2) is 5.33. The average molecular weight is 226 g/mol. The third kappa shape index (κ3) is 5.95. The van der Waals surface area contributed by atoms with Crippen LogP contribution in [0.2, 0.25) is 0 Å². The van der Waals surface area contributed by atoms with Crippen molar-refractivity contribution in [2.24, 2.45) is 0 Å². The summed E-state index contributed by atoms with van der Waals surface area (Å²) in [5, 5.41) is 2.54. The highest BCUT2D eigenvalue weighted by Crippen LogP contribution is 2.46. The summed E-state index contributed by atoms with van der Waals surface area (Å²) in [6.07, 6.45) is -0.366. The van der Waals surface area contributed by atoms with Gasteiger partial charge in [0.1, 0.15) is 5.78 Å². The summed E-state index contributed by atoms with van der Waals surface area (Å²) in [6.45, 7) is 1.27. The molecular weight excluding hydrogens is 213 g/mol. The molecule has 14 heavy (non-hydrogen) atoms. The van der Waals surface area contributed by atoms with Crippen molar-refractivity contribution in [2.75, 3.05) is 7.05 Å². The standard InChI is InChI=1S/C6H13NO6P/c1-4(8)5(7-2)3-6(9)13-14(10,11)12/h5,7,10-12H,3H2,1-2H3/q+1/t5-/m0/s1. The Balaban J connectivity index is 4.11. The first-order valence-electron chi connectivity index (χ1n) is 3.73. The molecule has 82 valence electrons. The van der Waals surface area contributed by atoms with Gasteiger partial charge in [-0.3, -0.25) is 4.79 Å². The summed E-state index contributed by atoms with van der Waals surface area (Å²) in [5.41, 5.74) is 0. The summed E-state index contributed by atoms with van der Waals surface area (Å²) in [6, 6.07) is -0.756. The molecule has 0 saturated heterocycles. The molecule has 0 aromatic rings. The number of ketones is 1. The second-order valence-corrected chi connectivity index (χ2v) is 3.84. The third-order valence-corrected chi connectivity index (χ3v) is 1.88. The molecule has 1 atom stereocenters. The molecule has 0 aromatic carbocycles. The van der Waals surface area contributed by atoms with E-state index < -0.39 is 20.2 Å². The van der Waals surface area contributed by atoms with Crippen LogP contribution in [0.15, 0.2) is 0 Å². The number of hydrogen-bond acceptors (Lipinski definition) is 7. The van der Waals surface area contributed by atoms with Gasteiger partial charge in [0, 0.05) is 0 Å². The Morgan fingerprint density at radius 2 is 1.93 bits per heavy atom. The zero-order valence-electron chi connectivity index (χ0n) is 7.80. The molecule has 0 amide bonds. The van der Waals surface area contributed by atoms with E-state index in [0.717, 1.165) is 0 Å². The highest BCUT2D eigenvalue weighted by molar-refractivity contribution is 7.53. The van der Waals surface area contributed by atoms with Crippen LogP contribution in [-0.4, -0.2) is 39.5 Å². The van der Waals surface area contributed by atoms with E-state index in [-0.39, 0.29) is 12.2 Å². The fraction of sp³-hybridized carbons (Fsp3) is 0.667. The van der Waals surface area contributed by atoms with Crippen molar-refractivity contribution in [1.82, 2.24) is 5.32 Å². The summed E-state index contributed by atoms with van der Waals surface area (Å²) >= 11 is 0. The van der Waals surface area contributed by atoms with E-state index in [4.69, 9.17) is 14.7 Å². The first kappa shape index (κ1) is 13.4. The Morgan fingerprint density at radius 1 is 1.43 bits per heavy atom. The predicted octanol–water partition coefficient (Wildman–Crippen LogP) is -1.25. The van der Waals surface area contributed by atoms with Gasteiger partial charge in [-0.2, -0.15) is 14.7 Å². The van der Waals surface area contributed by atoms with Gasteiger partial charge in [-0.05, 0) is 14.0 Å². The van der Waals surface area contributed by atoms with Crippen LogP contribution in [0.25, 0.3) is 0 Å². The summed E-state index contributed by atoms with van der Waals surface area (Å²) in [5.74, 6) is -1.34. The van der Waals surface area contributed by atoms with Gasteiger partial charge in [0.25, 0.3) is 0 Å². The Labute approximate surface area is 81.4 Å². The fourth-order valence-corrected chi connectivity index (χ4v) is 1.14. The molecule has 0 aliphatic rings. The monoisotopic (exact) mass is 226 g/mol. The van der Waals surface area contributed by atoms with Crippen LogP contribution in [-0.2, 0) is 14.1 Å². The zero-order chi connectivity index (χ0) is 11.4. The number of rotatable bonds is 5. The number of carbonyl (C=O) groups excluding carboxylic acids is 2. The van der Waals surface area contributed by atoms with Gasteiger partial charge in [0.2, 0.25) is 0 Å². The fourth-order valence-electron chi connectivity index (χ4n) is 0.790. The van der Waals surface area contributed by atoms with Crippen molar-refractivity contribution >= 4 is 19.9 Å². The SMILES string of the molecule is CN[C@@H](CC(=O)O[P+](O)(O)O)C(C)=O. The lowest BCUT2D eigenvalue weighted by atomic mass is 10.1. The molecule has 0 heterocycles. The van der Waals surface area contributed by atoms with Crippen LogP contribution in [0.1, 0.15) is 13.3 Å². The minimum Gasteiger partial charge on any atom is -0.310 e. The van der Waals surface area contributed by atoms with Crippen molar-refractivity contribution in [3.05, 3.63) is 0 Å². The van der Waals surface area contributed by atoms with E-state index in [1.807, 2.05) is 0 Å². The van der Waals surface area contributed by atoms with Crippen LogP contribution >= 0.6 is 8.17 Å². The van der Waals surface area contributed by atoms with Crippen LogP contribution in [0.5, 0.6) is 0 Å². The quantitative estimate of drug-likeness (QED) is 0.433. The molecule has 0 fully saturated rings. The van der Waals surface area contributed by atoms with Crippen molar-refractivity contribution in [1.29, 1.82) is 0 Å². The summed E-state index contributed by atoms with van der Waals surface area (Å²) < 4.78 is 3.87. The van der Waals surface area contributed by atoms with Crippen LogP contribution in [0.3, 0.4) is 0 Å². The molecule has 0 bridgehead atoms. The zero-order valence-corrected chi connectivity index (χ0v) is 8.69. The van der Waals surface area contributed by atoms with E-state index >= 15 is 0 Å². The van der Waals surface area contributed by atoms with E-state index in [9.17, 15) is 9.59 Å². The van der Waals surface area contributed by atoms with Crippen molar-refractivity contribution < 1.29 is 28.8 Å². The molecular formula is C6H13NO6P+. The molecule has 4 N–H and O–H groups in total. The van der Waals surface area contributed by atoms with E-state index in [2.05, 4.69) is 9.84 Å². The van der Waals surface area contributed by atoms with Gasteiger partial charge in [-0.25, -0.2) is 9.32 Å². The van der Waals surface area contributed by atoms with E-state index in [0.29, 0.717) is 0 Å². The number of likely N-dealkylation sites (N-methyl/N-ethyl adjacent to an activating group) is 1. The predicted molar refractivity (Wildman–Crippen MR) is 47.8 cm³/mol. The molecule has 8 heteroatoms. The molecule has 0 spiro atoms. The van der Waals surface area contributed by atoms with Crippen molar-refractivity contribution in [3.8, 4) is 0 Å². The van der Waals surface area contributed by atoms with Gasteiger partial charge in [-0.1, -0.05) is 0 Å². The summed E-state index contributed by atoms with van der Waals surface area (Å²) in [7, 11) is -3.09. The lowest BCUT2D eigenvalue weighted by Crippen LogP contribution is -2.34. The first-order chi connectivity index (χ1) is 6.26. The lowest BCUT2D eigenvalue weighted by molar-refractivity contribution is -0.138. The maximum atomic E-state index is 10.9. The molecule has 0 aliphatic carbocycles. The van der Waals surface area contributed by atoms with Crippen LogP contribution in [0.4, 0.5) is 0 Å². The second-order valence-electron chi connectivity index (χ2n) is 2.63. The number of nitrogens with one attached hydrogen (secondary N) is 1. The minimum absolute atomic E-state index is 0.290. The molecule has 0 aromatic heterocycles. The molecule has 0 aliphatic heterocycles. The molecule has 7 nitrogen and oxygen atoms in total. The van der Waals surface area contributed by atoms with E-state index in [1.165, 1.54) is 14.0 Å². The number of hydrogen-bond donors (Lipinski definition) is 4. The maximum absolute atomic E-state index is 10.9. The van der Waals surface area contributed by atoms with E-state index in [1.54, 1.807) is 0 Å². The van der Waals surface area contributed by atoms with Gasteiger partial charge in [-0.15, -0.1) is 0 Å². The average Bonchev–Trinajstić information content (AvgIpc) is 1.96. The summed E-state index contributed by atoms with van der Waals surface area (Å²) in [4.78, 5) is 46.9. The van der Waals surface area contributed by atoms with Gasteiger partial charge in [0.15, 0.2) is 0 Å². The van der Waals surface area contributed by atoms with Crippen molar-refractivity contribution in [2.45, 2.75) is 19.4 Å². The topological polar surface area (TPSA) is 116 Å². The maximum Gasteiger partial charge on any atom is 0.616 e. The molecule has 0 unspecified atom stereocenters. The Hall–Kier alpha value is -0.590. The van der Waals surface area contributed by atoms with Gasteiger partial charge < -0.3 is 5.32 Å². The smallest absolute Gasteiger partial charge is 0.310 e. The Kier molecular flexibility index (Phi) is 5.11.